The summed E-state index contributed by atoms with van der Waals surface area (Å²) in [6.45, 7) is 2.50. The molecule has 0 spiro atoms. The number of hydrogen-bond acceptors (Lipinski definition) is 3. The van der Waals surface area contributed by atoms with Crippen LogP contribution in [-0.2, 0) is 13.0 Å². The second-order valence-corrected chi connectivity index (χ2v) is 4.77. The van der Waals surface area contributed by atoms with Crippen LogP contribution in [0.2, 0.25) is 0 Å². The lowest BCUT2D eigenvalue weighted by Gasteiger charge is -2.10. The highest BCUT2D eigenvalue weighted by atomic mass is 16.4. The van der Waals surface area contributed by atoms with Gasteiger partial charge in [-0.15, -0.1) is 0 Å². The van der Waals surface area contributed by atoms with Crippen LogP contribution in [0.3, 0.4) is 0 Å². The summed E-state index contributed by atoms with van der Waals surface area (Å²) >= 11 is 0. The van der Waals surface area contributed by atoms with E-state index in [1.165, 1.54) is 6.20 Å². The molecule has 0 aliphatic heterocycles. The SMILES string of the molecule is CCc1nc2ccccc2n1Cc1cccnc1C(=O)O. The molecule has 0 saturated heterocycles. The van der Waals surface area contributed by atoms with Crippen molar-refractivity contribution in [1.29, 1.82) is 0 Å². The molecular formula is C16H15N3O2. The molecule has 3 rings (SSSR count). The van der Waals surface area contributed by atoms with Crippen molar-refractivity contribution >= 4 is 17.0 Å². The van der Waals surface area contributed by atoms with Gasteiger partial charge < -0.3 is 9.67 Å². The number of hydrogen-bond donors (Lipinski definition) is 1. The van der Waals surface area contributed by atoms with E-state index in [1.54, 1.807) is 12.1 Å². The standard InChI is InChI=1S/C16H15N3O2/c1-2-14-18-12-7-3-4-8-13(12)19(14)10-11-6-5-9-17-15(11)16(20)21/h3-9H,2,10H2,1H3,(H,20,21). The van der Waals surface area contributed by atoms with Gasteiger partial charge in [0.25, 0.3) is 0 Å². The molecule has 0 aliphatic rings. The molecule has 0 fully saturated rings. The Morgan fingerprint density at radius 2 is 2.05 bits per heavy atom. The number of carbonyl (C=O) groups is 1. The Morgan fingerprint density at radius 3 is 2.81 bits per heavy atom. The van der Waals surface area contributed by atoms with Crippen LogP contribution in [0.15, 0.2) is 42.6 Å². The number of carboxylic acids is 1. The van der Waals surface area contributed by atoms with Crippen molar-refractivity contribution < 1.29 is 9.90 Å². The Hall–Kier alpha value is -2.69. The van der Waals surface area contributed by atoms with Crippen molar-refractivity contribution in [2.75, 3.05) is 0 Å². The van der Waals surface area contributed by atoms with Gasteiger partial charge in [0.05, 0.1) is 17.6 Å². The summed E-state index contributed by atoms with van der Waals surface area (Å²) in [4.78, 5) is 19.8. The molecule has 1 aromatic carbocycles. The van der Waals surface area contributed by atoms with Gasteiger partial charge in [0.1, 0.15) is 5.82 Å². The summed E-state index contributed by atoms with van der Waals surface area (Å²) in [6, 6.07) is 11.4. The minimum Gasteiger partial charge on any atom is -0.477 e. The molecule has 0 aliphatic carbocycles. The molecule has 3 aromatic rings. The molecule has 1 N–H and O–H groups in total. The van der Waals surface area contributed by atoms with Crippen molar-refractivity contribution in [3.63, 3.8) is 0 Å². The lowest BCUT2D eigenvalue weighted by Crippen LogP contribution is -2.11. The van der Waals surface area contributed by atoms with E-state index >= 15 is 0 Å². The number of aromatic carboxylic acids is 1. The minimum atomic E-state index is -1.01. The quantitative estimate of drug-likeness (QED) is 0.798. The number of imidazole rings is 1. The molecule has 106 valence electrons. The van der Waals surface area contributed by atoms with Crippen molar-refractivity contribution in [2.24, 2.45) is 0 Å². The molecular weight excluding hydrogens is 266 g/mol. The number of fused-ring (bicyclic) bond motifs is 1. The number of nitrogens with zero attached hydrogens (tertiary/aromatic N) is 3. The van der Waals surface area contributed by atoms with Crippen LogP contribution >= 0.6 is 0 Å². The predicted octanol–water partition coefficient (Wildman–Crippen LogP) is 2.74. The third-order valence-corrected chi connectivity index (χ3v) is 3.47. The number of pyridine rings is 1. The average Bonchev–Trinajstić information content (AvgIpc) is 2.86. The zero-order chi connectivity index (χ0) is 14.8. The van der Waals surface area contributed by atoms with E-state index in [0.717, 1.165) is 23.3 Å². The fraction of sp³-hybridized carbons (Fsp3) is 0.188. The third kappa shape index (κ3) is 2.38. The van der Waals surface area contributed by atoms with E-state index in [1.807, 2.05) is 31.2 Å². The lowest BCUT2D eigenvalue weighted by atomic mass is 10.2. The average molecular weight is 281 g/mol. The zero-order valence-corrected chi connectivity index (χ0v) is 11.7. The van der Waals surface area contributed by atoms with E-state index in [9.17, 15) is 9.90 Å². The molecule has 2 aromatic heterocycles. The maximum absolute atomic E-state index is 11.3. The Bertz CT molecular complexity index is 808. The maximum Gasteiger partial charge on any atom is 0.354 e. The fourth-order valence-corrected chi connectivity index (χ4v) is 2.50. The van der Waals surface area contributed by atoms with Gasteiger partial charge in [-0.25, -0.2) is 14.8 Å². The highest BCUT2D eigenvalue weighted by Gasteiger charge is 2.14. The summed E-state index contributed by atoms with van der Waals surface area (Å²) in [6.07, 6.45) is 2.29. The fourth-order valence-electron chi connectivity index (χ4n) is 2.50. The normalized spacial score (nSPS) is 10.9. The lowest BCUT2D eigenvalue weighted by molar-refractivity contribution is 0.0689. The van der Waals surface area contributed by atoms with Gasteiger partial charge in [-0.2, -0.15) is 0 Å². The summed E-state index contributed by atoms with van der Waals surface area (Å²) < 4.78 is 2.05. The van der Waals surface area contributed by atoms with Crippen molar-refractivity contribution in [3.8, 4) is 0 Å². The molecule has 0 unspecified atom stereocenters. The summed E-state index contributed by atoms with van der Waals surface area (Å²) in [5.74, 6) is -0.0653. The predicted molar refractivity (Wildman–Crippen MR) is 79.4 cm³/mol. The molecule has 0 bridgehead atoms. The molecule has 2 heterocycles. The van der Waals surface area contributed by atoms with Crippen molar-refractivity contribution in [2.45, 2.75) is 19.9 Å². The van der Waals surface area contributed by atoms with Gasteiger partial charge in [0.15, 0.2) is 5.69 Å². The number of rotatable bonds is 4. The zero-order valence-electron chi connectivity index (χ0n) is 11.7. The van der Waals surface area contributed by atoms with Crippen LogP contribution in [0.5, 0.6) is 0 Å². The highest BCUT2D eigenvalue weighted by Crippen LogP contribution is 2.19. The first-order chi connectivity index (χ1) is 10.2. The molecule has 5 heteroatoms. The highest BCUT2D eigenvalue weighted by molar-refractivity contribution is 5.87. The second-order valence-electron chi connectivity index (χ2n) is 4.77. The van der Waals surface area contributed by atoms with Gasteiger partial charge in [0, 0.05) is 18.2 Å². The van der Waals surface area contributed by atoms with Crippen LogP contribution in [0.4, 0.5) is 0 Å². The topological polar surface area (TPSA) is 68.0 Å². The van der Waals surface area contributed by atoms with Crippen molar-refractivity contribution in [1.82, 2.24) is 14.5 Å². The Balaban J connectivity index is 2.12. The van der Waals surface area contributed by atoms with Gasteiger partial charge in [0.2, 0.25) is 0 Å². The van der Waals surface area contributed by atoms with E-state index in [2.05, 4.69) is 14.5 Å². The number of aryl methyl sites for hydroxylation is 1. The number of aromatic nitrogens is 3. The Labute approximate surface area is 121 Å². The van der Waals surface area contributed by atoms with Gasteiger partial charge in [-0.3, -0.25) is 0 Å². The van der Waals surface area contributed by atoms with Gasteiger partial charge >= 0.3 is 5.97 Å². The smallest absolute Gasteiger partial charge is 0.354 e. The number of benzene rings is 1. The maximum atomic E-state index is 11.3. The molecule has 0 saturated carbocycles. The van der Waals surface area contributed by atoms with Gasteiger partial charge in [-0.1, -0.05) is 25.1 Å². The van der Waals surface area contributed by atoms with Crippen LogP contribution < -0.4 is 0 Å². The van der Waals surface area contributed by atoms with E-state index in [4.69, 9.17) is 0 Å². The van der Waals surface area contributed by atoms with Crippen LogP contribution in [0.1, 0.15) is 28.8 Å². The summed E-state index contributed by atoms with van der Waals surface area (Å²) in [5.41, 5.74) is 2.71. The first-order valence-corrected chi connectivity index (χ1v) is 6.82. The minimum absolute atomic E-state index is 0.0948. The second kappa shape index (κ2) is 5.36. The van der Waals surface area contributed by atoms with Crippen LogP contribution in [0, 0.1) is 0 Å². The molecule has 0 atom stereocenters. The summed E-state index contributed by atoms with van der Waals surface area (Å²) in [7, 11) is 0. The number of carboxylic acid groups (broad SMARTS) is 1. The summed E-state index contributed by atoms with van der Waals surface area (Å²) in [5, 5.41) is 9.25. The first-order valence-electron chi connectivity index (χ1n) is 6.82. The Kier molecular flexibility index (Phi) is 3.39. The largest absolute Gasteiger partial charge is 0.477 e. The van der Waals surface area contributed by atoms with Crippen molar-refractivity contribution in [3.05, 3.63) is 59.7 Å². The molecule has 5 nitrogen and oxygen atoms in total. The van der Waals surface area contributed by atoms with E-state index in [-0.39, 0.29) is 5.69 Å². The van der Waals surface area contributed by atoms with Crippen LogP contribution in [0.25, 0.3) is 11.0 Å². The van der Waals surface area contributed by atoms with E-state index in [0.29, 0.717) is 12.1 Å². The molecule has 0 radical (unpaired) electrons. The molecule has 21 heavy (non-hydrogen) atoms. The number of para-hydroxylation sites is 2. The Morgan fingerprint density at radius 1 is 1.24 bits per heavy atom. The van der Waals surface area contributed by atoms with Crippen LogP contribution in [-0.4, -0.2) is 25.6 Å². The van der Waals surface area contributed by atoms with E-state index < -0.39 is 5.97 Å². The molecule has 0 amide bonds. The monoisotopic (exact) mass is 281 g/mol. The third-order valence-electron chi connectivity index (χ3n) is 3.47. The van der Waals surface area contributed by atoms with Gasteiger partial charge in [-0.05, 0) is 18.2 Å². The first kappa shape index (κ1) is 13.3.